The molecule has 0 bridgehead atoms. The van der Waals surface area contributed by atoms with E-state index in [1.54, 1.807) is 0 Å². The normalized spacial score (nSPS) is 12.8. The molecule has 0 amide bonds. The van der Waals surface area contributed by atoms with E-state index in [2.05, 4.69) is 12.1 Å². The molecule has 0 saturated heterocycles. The largest absolute Gasteiger partial charge is 0.285 e. The Kier molecular flexibility index (Phi) is 5.56. The third kappa shape index (κ3) is 4.31. The van der Waals surface area contributed by atoms with Crippen LogP contribution in [0.25, 0.3) is 0 Å². The summed E-state index contributed by atoms with van der Waals surface area (Å²) in [5.74, 6) is 0. The SMILES string of the molecule is CC(=NCc1ccccc1)c1ccccc1[S@@](=O)c1ccc(C)cc1. The van der Waals surface area contributed by atoms with E-state index in [4.69, 9.17) is 4.99 Å². The molecule has 0 fully saturated rings. The lowest BCUT2D eigenvalue weighted by Gasteiger charge is -2.10. The fourth-order valence-electron chi connectivity index (χ4n) is 2.59. The Labute approximate surface area is 151 Å². The molecule has 3 heteroatoms. The van der Waals surface area contributed by atoms with Gasteiger partial charge in [0.2, 0.25) is 0 Å². The lowest BCUT2D eigenvalue weighted by molar-refractivity contribution is 0.683. The minimum Gasteiger partial charge on any atom is -0.285 e. The number of hydrogen-bond donors (Lipinski definition) is 0. The van der Waals surface area contributed by atoms with Gasteiger partial charge in [0, 0.05) is 16.2 Å². The Balaban J connectivity index is 1.90. The first-order valence-electron chi connectivity index (χ1n) is 8.28. The van der Waals surface area contributed by atoms with Crippen LogP contribution in [0, 0.1) is 6.92 Å². The molecule has 0 heterocycles. The topological polar surface area (TPSA) is 29.4 Å². The van der Waals surface area contributed by atoms with Gasteiger partial charge in [0.15, 0.2) is 0 Å². The summed E-state index contributed by atoms with van der Waals surface area (Å²) in [6.45, 7) is 4.63. The summed E-state index contributed by atoms with van der Waals surface area (Å²) >= 11 is 0. The van der Waals surface area contributed by atoms with E-state index < -0.39 is 10.8 Å². The number of aryl methyl sites for hydroxylation is 1. The second kappa shape index (κ2) is 8.04. The van der Waals surface area contributed by atoms with Crippen LogP contribution in [0.4, 0.5) is 0 Å². The van der Waals surface area contributed by atoms with Gasteiger partial charge in [0.25, 0.3) is 0 Å². The van der Waals surface area contributed by atoms with Crippen LogP contribution in [0.5, 0.6) is 0 Å². The Bertz CT molecular complexity index is 899. The highest BCUT2D eigenvalue weighted by atomic mass is 32.2. The molecule has 0 radical (unpaired) electrons. The van der Waals surface area contributed by atoms with Gasteiger partial charge in [-0.2, -0.15) is 0 Å². The van der Waals surface area contributed by atoms with Crippen LogP contribution in [0.2, 0.25) is 0 Å². The molecule has 0 aliphatic rings. The summed E-state index contributed by atoms with van der Waals surface area (Å²) in [5, 5.41) is 0. The molecular formula is C22H21NOS. The summed E-state index contributed by atoms with van der Waals surface area (Å²) in [4.78, 5) is 6.32. The first kappa shape index (κ1) is 17.3. The summed E-state index contributed by atoms with van der Waals surface area (Å²) in [6, 6.07) is 25.8. The van der Waals surface area contributed by atoms with Crippen molar-refractivity contribution in [3.63, 3.8) is 0 Å². The Morgan fingerprint density at radius 3 is 2.24 bits per heavy atom. The highest BCUT2D eigenvalue weighted by Gasteiger charge is 2.13. The van der Waals surface area contributed by atoms with Crippen molar-refractivity contribution in [3.8, 4) is 0 Å². The smallest absolute Gasteiger partial charge is 0.0856 e. The minimum absolute atomic E-state index is 0.623. The molecule has 1 atom stereocenters. The Morgan fingerprint density at radius 2 is 1.52 bits per heavy atom. The van der Waals surface area contributed by atoms with Crippen LogP contribution in [-0.4, -0.2) is 9.92 Å². The van der Waals surface area contributed by atoms with Crippen LogP contribution in [0.1, 0.15) is 23.6 Å². The van der Waals surface area contributed by atoms with Crippen LogP contribution >= 0.6 is 0 Å². The number of rotatable bonds is 5. The van der Waals surface area contributed by atoms with Gasteiger partial charge in [-0.3, -0.25) is 4.99 Å². The van der Waals surface area contributed by atoms with E-state index in [1.165, 1.54) is 5.56 Å². The van der Waals surface area contributed by atoms with Gasteiger partial charge in [0.05, 0.1) is 22.2 Å². The third-order valence-corrected chi connectivity index (χ3v) is 5.51. The van der Waals surface area contributed by atoms with Crippen LogP contribution < -0.4 is 0 Å². The zero-order valence-electron chi connectivity index (χ0n) is 14.5. The van der Waals surface area contributed by atoms with E-state index >= 15 is 0 Å². The van der Waals surface area contributed by atoms with Crippen LogP contribution in [-0.2, 0) is 17.3 Å². The standard InChI is InChI=1S/C22H21NOS/c1-17-12-14-20(15-13-17)25(24)22-11-7-6-10-21(22)18(2)23-16-19-8-4-3-5-9-19/h3-15H,16H2,1-2H3/t25-/m0/s1. The monoisotopic (exact) mass is 347 g/mol. The number of benzene rings is 3. The van der Waals surface area contributed by atoms with Gasteiger partial charge >= 0.3 is 0 Å². The molecular weight excluding hydrogens is 326 g/mol. The number of nitrogens with zero attached hydrogens (tertiary/aromatic N) is 1. The maximum Gasteiger partial charge on any atom is 0.0856 e. The van der Waals surface area contributed by atoms with Gasteiger partial charge in [-0.1, -0.05) is 66.2 Å². The second-order valence-corrected chi connectivity index (χ2v) is 7.41. The van der Waals surface area contributed by atoms with Crippen molar-refractivity contribution in [2.24, 2.45) is 4.99 Å². The molecule has 2 nitrogen and oxygen atoms in total. The van der Waals surface area contributed by atoms with Crippen molar-refractivity contribution in [1.82, 2.24) is 0 Å². The average molecular weight is 347 g/mol. The van der Waals surface area contributed by atoms with Crippen molar-refractivity contribution >= 4 is 16.5 Å². The molecule has 0 saturated carbocycles. The molecule has 0 aromatic heterocycles. The molecule has 3 aromatic carbocycles. The Morgan fingerprint density at radius 1 is 0.880 bits per heavy atom. The zero-order valence-corrected chi connectivity index (χ0v) is 15.3. The summed E-state index contributed by atoms with van der Waals surface area (Å²) < 4.78 is 13.0. The third-order valence-electron chi connectivity index (χ3n) is 4.05. The summed E-state index contributed by atoms with van der Waals surface area (Å²) in [7, 11) is -1.22. The highest BCUT2D eigenvalue weighted by molar-refractivity contribution is 7.85. The maximum absolute atomic E-state index is 13.0. The van der Waals surface area contributed by atoms with E-state index in [0.717, 1.165) is 26.6 Å². The molecule has 25 heavy (non-hydrogen) atoms. The van der Waals surface area contributed by atoms with Crippen molar-refractivity contribution < 1.29 is 4.21 Å². The van der Waals surface area contributed by atoms with Crippen molar-refractivity contribution in [2.75, 3.05) is 0 Å². The number of hydrogen-bond acceptors (Lipinski definition) is 2. The predicted molar refractivity (Wildman–Crippen MR) is 105 cm³/mol. The highest BCUT2D eigenvalue weighted by Crippen LogP contribution is 2.21. The predicted octanol–water partition coefficient (Wildman–Crippen LogP) is 5.17. The van der Waals surface area contributed by atoms with E-state index in [0.29, 0.717) is 6.54 Å². The van der Waals surface area contributed by atoms with Gasteiger partial charge < -0.3 is 0 Å². The van der Waals surface area contributed by atoms with E-state index in [1.807, 2.05) is 80.6 Å². The molecule has 0 N–H and O–H groups in total. The van der Waals surface area contributed by atoms with Gasteiger partial charge in [-0.05, 0) is 37.6 Å². The quantitative estimate of drug-likeness (QED) is 0.585. The molecule has 3 aromatic rings. The summed E-state index contributed by atoms with van der Waals surface area (Å²) in [5.41, 5.74) is 4.17. The first-order valence-corrected chi connectivity index (χ1v) is 9.43. The zero-order chi connectivity index (χ0) is 17.6. The van der Waals surface area contributed by atoms with Crippen molar-refractivity contribution in [1.29, 1.82) is 0 Å². The van der Waals surface area contributed by atoms with E-state index in [9.17, 15) is 4.21 Å². The lowest BCUT2D eigenvalue weighted by Crippen LogP contribution is -2.04. The number of aliphatic imine (C=N–C) groups is 1. The second-order valence-electron chi connectivity index (χ2n) is 5.97. The molecule has 0 spiro atoms. The van der Waals surface area contributed by atoms with Gasteiger partial charge in [-0.25, -0.2) is 4.21 Å². The molecule has 0 unspecified atom stereocenters. The molecule has 0 aliphatic carbocycles. The molecule has 0 aliphatic heterocycles. The first-order chi connectivity index (χ1) is 12.1. The summed E-state index contributed by atoms with van der Waals surface area (Å²) in [6.07, 6.45) is 0. The minimum atomic E-state index is -1.22. The Hall–Kier alpha value is -2.52. The average Bonchev–Trinajstić information content (AvgIpc) is 2.67. The molecule has 126 valence electrons. The molecule has 3 rings (SSSR count). The van der Waals surface area contributed by atoms with E-state index in [-0.39, 0.29) is 0 Å². The van der Waals surface area contributed by atoms with Crippen LogP contribution in [0.3, 0.4) is 0 Å². The lowest BCUT2D eigenvalue weighted by atomic mass is 10.1. The van der Waals surface area contributed by atoms with Gasteiger partial charge in [0.1, 0.15) is 0 Å². The van der Waals surface area contributed by atoms with Crippen molar-refractivity contribution in [3.05, 3.63) is 95.6 Å². The van der Waals surface area contributed by atoms with Crippen LogP contribution in [0.15, 0.2) is 93.6 Å². The fourth-order valence-corrected chi connectivity index (χ4v) is 3.85. The fraction of sp³-hybridized carbons (Fsp3) is 0.136. The van der Waals surface area contributed by atoms with Crippen molar-refractivity contribution in [2.45, 2.75) is 30.2 Å². The van der Waals surface area contributed by atoms with Gasteiger partial charge in [-0.15, -0.1) is 0 Å². The maximum atomic E-state index is 13.0.